The fourth-order valence-electron chi connectivity index (χ4n) is 0.770. The van der Waals surface area contributed by atoms with Gasteiger partial charge in [-0.1, -0.05) is 20.8 Å². The van der Waals surface area contributed by atoms with E-state index in [1.54, 1.807) is 0 Å². The van der Waals surface area contributed by atoms with Gasteiger partial charge in [0.15, 0.2) is 0 Å². The van der Waals surface area contributed by atoms with E-state index in [1.807, 2.05) is 27.7 Å². The molecule has 0 aromatic rings. The number of hydrogen-bond donors (Lipinski definition) is 1. The van der Waals surface area contributed by atoms with Gasteiger partial charge in [-0.15, -0.1) is 0 Å². The zero-order valence-corrected chi connectivity index (χ0v) is 9.09. The van der Waals surface area contributed by atoms with E-state index in [1.165, 1.54) is 0 Å². The van der Waals surface area contributed by atoms with Crippen LogP contribution in [-0.4, -0.2) is 25.2 Å². The first-order valence-electron chi connectivity index (χ1n) is 4.98. The normalized spacial score (nSPS) is 13.0. The first-order valence-corrected chi connectivity index (χ1v) is 4.98. The summed E-state index contributed by atoms with van der Waals surface area (Å²) in [5.74, 6) is 0.283. The van der Waals surface area contributed by atoms with E-state index < -0.39 is 0 Å². The van der Waals surface area contributed by atoms with Crippen molar-refractivity contribution in [1.82, 2.24) is 5.32 Å². The minimum Gasteiger partial charge on any atom is -0.462 e. The Morgan fingerprint density at radius 1 is 1.38 bits per heavy atom. The zero-order valence-electron chi connectivity index (χ0n) is 9.09. The summed E-state index contributed by atoms with van der Waals surface area (Å²) in [6.45, 7) is 9.63. The van der Waals surface area contributed by atoms with Crippen LogP contribution in [0.15, 0.2) is 0 Å². The van der Waals surface area contributed by atoms with Crippen LogP contribution in [0.2, 0.25) is 0 Å². The molecule has 0 spiro atoms. The molecule has 1 N–H and O–H groups in total. The molecule has 0 saturated heterocycles. The molecule has 0 aliphatic rings. The van der Waals surface area contributed by atoms with Crippen molar-refractivity contribution in [3.05, 3.63) is 0 Å². The summed E-state index contributed by atoms with van der Waals surface area (Å²) >= 11 is 0. The predicted octanol–water partition coefficient (Wildman–Crippen LogP) is 1.57. The summed E-state index contributed by atoms with van der Waals surface area (Å²) in [6, 6.07) is 0. The molecule has 0 rings (SSSR count). The summed E-state index contributed by atoms with van der Waals surface area (Å²) in [4.78, 5) is 11.2. The van der Waals surface area contributed by atoms with Gasteiger partial charge in [0.05, 0.1) is 6.42 Å². The molecule has 0 aromatic carbocycles. The average Bonchev–Trinajstić information content (AvgIpc) is 2.04. The first kappa shape index (κ1) is 12.4. The fraction of sp³-hybridized carbons (Fsp3) is 0.900. The van der Waals surface area contributed by atoms with Crippen LogP contribution in [-0.2, 0) is 9.53 Å². The van der Waals surface area contributed by atoms with Crippen LogP contribution in [0.5, 0.6) is 0 Å². The Morgan fingerprint density at radius 3 is 2.46 bits per heavy atom. The molecule has 3 nitrogen and oxygen atoms in total. The zero-order chi connectivity index (χ0) is 10.3. The van der Waals surface area contributed by atoms with Crippen LogP contribution in [0.1, 0.15) is 34.1 Å². The van der Waals surface area contributed by atoms with Crippen molar-refractivity contribution >= 4 is 5.97 Å². The highest BCUT2D eigenvalue weighted by atomic mass is 16.5. The maximum Gasteiger partial charge on any atom is 0.307 e. The van der Waals surface area contributed by atoms with E-state index in [9.17, 15) is 4.79 Å². The lowest BCUT2D eigenvalue weighted by molar-refractivity contribution is -0.150. The highest BCUT2D eigenvalue weighted by molar-refractivity contribution is 5.69. The Morgan fingerprint density at radius 2 is 2.00 bits per heavy atom. The van der Waals surface area contributed by atoms with Crippen molar-refractivity contribution in [3.63, 3.8) is 0 Å². The Balaban J connectivity index is 3.50. The molecule has 0 aliphatic heterocycles. The van der Waals surface area contributed by atoms with E-state index in [0.29, 0.717) is 18.9 Å². The van der Waals surface area contributed by atoms with Crippen LogP contribution in [0.3, 0.4) is 0 Å². The summed E-state index contributed by atoms with van der Waals surface area (Å²) in [6.07, 6.45) is 0.486. The molecule has 0 aromatic heterocycles. The second-order valence-corrected chi connectivity index (χ2v) is 3.54. The molecule has 13 heavy (non-hydrogen) atoms. The standard InChI is InChI=1S/C10H21NO2/c1-5-11-7-6-10(12)13-9(4)8(2)3/h8-9,11H,5-7H2,1-4H3. The Hall–Kier alpha value is -0.570. The van der Waals surface area contributed by atoms with E-state index >= 15 is 0 Å². The second kappa shape index (κ2) is 6.89. The molecule has 3 heteroatoms. The van der Waals surface area contributed by atoms with E-state index in [0.717, 1.165) is 6.54 Å². The lowest BCUT2D eigenvalue weighted by Gasteiger charge is -2.16. The van der Waals surface area contributed by atoms with Crippen molar-refractivity contribution in [1.29, 1.82) is 0 Å². The third-order valence-electron chi connectivity index (χ3n) is 2.01. The van der Waals surface area contributed by atoms with Crippen molar-refractivity contribution in [2.75, 3.05) is 13.1 Å². The van der Waals surface area contributed by atoms with Crippen LogP contribution >= 0.6 is 0 Å². The molecule has 0 saturated carbocycles. The maximum absolute atomic E-state index is 11.2. The fourth-order valence-corrected chi connectivity index (χ4v) is 0.770. The van der Waals surface area contributed by atoms with Crippen molar-refractivity contribution in [2.45, 2.75) is 40.2 Å². The van der Waals surface area contributed by atoms with Gasteiger partial charge in [-0.3, -0.25) is 4.79 Å². The highest BCUT2D eigenvalue weighted by Gasteiger charge is 2.11. The van der Waals surface area contributed by atoms with Gasteiger partial charge in [0.25, 0.3) is 0 Å². The molecule has 0 bridgehead atoms. The topological polar surface area (TPSA) is 38.3 Å². The lowest BCUT2D eigenvalue weighted by Crippen LogP contribution is -2.24. The molecule has 1 unspecified atom stereocenters. The summed E-state index contributed by atoms with van der Waals surface area (Å²) in [7, 11) is 0. The van der Waals surface area contributed by atoms with Gasteiger partial charge in [0, 0.05) is 6.54 Å². The quantitative estimate of drug-likeness (QED) is 0.507. The summed E-state index contributed by atoms with van der Waals surface area (Å²) < 4.78 is 5.18. The number of carbonyl (C=O) groups excluding carboxylic acids is 1. The monoisotopic (exact) mass is 187 g/mol. The van der Waals surface area contributed by atoms with Crippen molar-refractivity contribution < 1.29 is 9.53 Å². The molecular formula is C10H21NO2. The number of ether oxygens (including phenoxy) is 1. The third kappa shape index (κ3) is 6.58. The predicted molar refractivity (Wildman–Crippen MR) is 53.6 cm³/mol. The molecule has 1 atom stereocenters. The van der Waals surface area contributed by atoms with Gasteiger partial charge in [-0.25, -0.2) is 0 Å². The van der Waals surface area contributed by atoms with Crippen LogP contribution in [0, 0.1) is 5.92 Å². The summed E-state index contributed by atoms with van der Waals surface area (Å²) in [5, 5.41) is 3.08. The average molecular weight is 187 g/mol. The van der Waals surface area contributed by atoms with E-state index in [4.69, 9.17) is 4.74 Å². The van der Waals surface area contributed by atoms with Crippen molar-refractivity contribution in [2.24, 2.45) is 5.92 Å². The number of esters is 1. The van der Waals surface area contributed by atoms with Gasteiger partial charge in [0.1, 0.15) is 6.10 Å². The number of rotatable bonds is 6. The Labute approximate surface area is 80.8 Å². The first-order chi connectivity index (χ1) is 6.07. The van der Waals surface area contributed by atoms with Gasteiger partial charge < -0.3 is 10.1 Å². The molecular weight excluding hydrogens is 166 g/mol. The molecule has 0 radical (unpaired) electrons. The minimum atomic E-state index is -0.109. The van der Waals surface area contributed by atoms with Crippen LogP contribution in [0.25, 0.3) is 0 Å². The van der Waals surface area contributed by atoms with Gasteiger partial charge in [0.2, 0.25) is 0 Å². The number of carbonyl (C=O) groups is 1. The SMILES string of the molecule is CCNCCC(=O)OC(C)C(C)C. The number of nitrogens with one attached hydrogen (secondary N) is 1. The Bertz CT molecular complexity index is 146. The molecule has 0 heterocycles. The number of hydrogen-bond acceptors (Lipinski definition) is 3. The molecule has 0 aliphatic carbocycles. The van der Waals surface area contributed by atoms with Crippen LogP contribution < -0.4 is 5.32 Å². The minimum absolute atomic E-state index is 0.0223. The van der Waals surface area contributed by atoms with E-state index in [2.05, 4.69) is 5.32 Å². The van der Waals surface area contributed by atoms with Gasteiger partial charge in [-0.05, 0) is 19.4 Å². The summed E-state index contributed by atoms with van der Waals surface area (Å²) in [5.41, 5.74) is 0. The maximum atomic E-state index is 11.2. The van der Waals surface area contributed by atoms with Crippen molar-refractivity contribution in [3.8, 4) is 0 Å². The highest BCUT2D eigenvalue weighted by Crippen LogP contribution is 2.05. The lowest BCUT2D eigenvalue weighted by atomic mass is 10.1. The second-order valence-electron chi connectivity index (χ2n) is 3.54. The largest absolute Gasteiger partial charge is 0.462 e. The van der Waals surface area contributed by atoms with Gasteiger partial charge >= 0.3 is 5.97 Å². The molecule has 0 fully saturated rings. The smallest absolute Gasteiger partial charge is 0.307 e. The molecule has 78 valence electrons. The third-order valence-corrected chi connectivity index (χ3v) is 2.01. The van der Waals surface area contributed by atoms with Gasteiger partial charge in [-0.2, -0.15) is 0 Å². The van der Waals surface area contributed by atoms with E-state index in [-0.39, 0.29) is 12.1 Å². The Kier molecular flexibility index (Phi) is 6.59. The van der Waals surface area contributed by atoms with Crippen LogP contribution in [0.4, 0.5) is 0 Å². The molecule has 0 amide bonds.